The topological polar surface area (TPSA) is 39.1 Å². The van der Waals surface area contributed by atoms with E-state index < -0.39 is 0 Å². The summed E-state index contributed by atoms with van der Waals surface area (Å²) in [5.74, 6) is 0.748. The predicted octanol–water partition coefficient (Wildman–Crippen LogP) is 1.57. The second-order valence-corrected chi connectivity index (χ2v) is 4.20. The van der Waals surface area contributed by atoms with Gasteiger partial charge in [0.05, 0.1) is 17.6 Å². The number of hydrogen-bond acceptors (Lipinski definition) is 3. The maximum absolute atomic E-state index is 5.34. The summed E-state index contributed by atoms with van der Waals surface area (Å²) in [6.07, 6.45) is 4.24. The Bertz CT molecular complexity index is 316. The van der Waals surface area contributed by atoms with E-state index in [0.717, 1.165) is 31.4 Å². The van der Waals surface area contributed by atoms with Gasteiger partial charge in [0.15, 0.2) is 0 Å². The summed E-state index contributed by atoms with van der Waals surface area (Å²) < 4.78 is 7.23. The molecule has 15 heavy (non-hydrogen) atoms. The first-order valence-electron chi connectivity index (χ1n) is 5.57. The van der Waals surface area contributed by atoms with Gasteiger partial charge in [-0.1, -0.05) is 0 Å². The highest BCUT2D eigenvalue weighted by Gasteiger charge is 2.14. The molecular weight excluding hydrogens is 190 g/mol. The lowest BCUT2D eigenvalue weighted by atomic mass is 10.0. The fourth-order valence-corrected chi connectivity index (χ4v) is 1.88. The Morgan fingerprint density at radius 3 is 2.87 bits per heavy atom. The monoisotopic (exact) mass is 209 g/mol. The second kappa shape index (κ2) is 4.66. The van der Waals surface area contributed by atoms with Gasteiger partial charge < -0.3 is 10.1 Å². The fraction of sp³-hybridized carbons (Fsp3) is 0.727. The molecule has 1 aliphatic heterocycles. The van der Waals surface area contributed by atoms with Gasteiger partial charge in [-0.2, -0.15) is 5.10 Å². The molecule has 84 valence electrons. The molecule has 1 fully saturated rings. The highest BCUT2D eigenvalue weighted by Crippen LogP contribution is 2.17. The highest BCUT2D eigenvalue weighted by molar-refractivity contribution is 5.45. The van der Waals surface area contributed by atoms with Gasteiger partial charge in [0.1, 0.15) is 0 Å². The normalized spacial score (nSPS) is 18.0. The van der Waals surface area contributed by atoms with Crippen molar-refractivity contribution in [1.29, 1.82) is 0 Å². The quantitative estimate of drug-likeness (QED) is 0.821. The zero-order valence-electron chi connectivity index (χ0n) is 9.49. The molecule has 0 saturated carbocycles. The number of aromatic nitrogens is 2. The molecule has 1 aromatic rings. The zero-order chi connectivity index (χ0) is 10.7. The molecule has 0 bridgehead atoms. The molecular formula is C11H19N3O. The average Bonchev–Trinajstić information content (AvgIpc) is 2.59. The van der Waals surface area contributed by atoms with Crippen molar-refractivity contribution in [3.05, 3.63) is 11.9 Å². The van der Waals surface area contributed by atoms with Crippen LogP contribution in [0.3, 0.4) is 0 Å². The largest absolute Gasteiger partial charge is 0.382 e. The molecule has 0 amide bonds. The molecule has 4 nitrogen and oxygen atoms in total. The van der Waals surface area contributed by atoms with Crippen molar-refractivity contribution >= 4 is 5.69 Å². The third-order valence-electron chi connectivity index (χ3n) is 3.16. The van der Waals surface area contributed by atoms with E-state index in [2.05, 4.69) is 17.3 Å². The maximum atomic E-state index is 5.34. The Labute approximate surface area is 90.6 Å². The molecule has 1 N–H and O–H groups in total. The Morgan fingerprint density at radius 1 is 1.53 bits per heavy atom. The van der Waals surface area contributed by atoms with Gasteiger partial charge in [0.2, 0.25) is 0 Å². The molecule has 0 unspecified atom stereocenters. The third kappa shape index (κ3) is 2.50. The lowest BCUT2D eigenvalue weighted by molar-refractivity contribution is 0.0699. The lowest BCUT2D eigenvalue weighted by Gasteiger charge is -2.22. The van der Waals surface area contributed by atoms with Crippen LogP contribution in [0.4, 0.5) is 5.69 Å². The number of hydrogen-bond donors (Lipinski definition) is 1. The Balaban J connectivity index is 1.84. The Hall–Kier alpha value is -1.03. The van der Waals surface area contributed by atoms with Crippen molar-refractivity contribution in [3.63, 3.8) is 0 Å². The standard InChI is InChI=1S/C11H19N3O/c1-9-11(8-13-14(9)2)12-7-10-3-5-15-6-4-10/h8,10,12H,3-7H2,1-2H3. The van der Waals surface area contributed by atoms with E-state index in [1.807, 2.05) is 17.9 Å². The minimum atomic E-state index is 0.748. The summed E-state index contributed by atoms with van der Waals surface area (Å²) in [7, 11) is 1.97. The van der Waals surface area contributed by atoms with Gasteiger partial charge in [-0.3, -0.25) is 4.68 Å². The lowest BCUT2D eigenvalue weighted by Crippen LogP contribution is -2.22. The number of anilines is 1. The zero-order valence-corrected chi connectivity index (χ0v) is 9.49. The van der Waals surface area contributed by atoms with Crippen LogP contribution in [-0.2, 0) is 11.8 Å². The van der Waals surface area contributed by atoms with Crippen LogP contribution in [0.1, 0.15) is 18.5 Å². The minimum absolute atomic E-state index is 0.748. The fourth-order valence-electron chi connectivity index (χ4n) is 1.88. The maximum Gasteiger partial charge on any atom is 0.0756 e. The molecule has 2 rings (SSSR count). The van der Waals surface area contributed by atoms with Crippen molar-refractivity contribution < 1.29 is 4.74 Å². The molecule has 0 aliphatic carbocycles. The molecule has 1 saturated heterocycles. The van der Waals surface area contributed by atoms with Crippen LogP contribution < -0.4 is 5.32 Å². The summed E-state index contributed by atoms with van der Waals surface area (Å²) in [4.78, 5) is 0. The van der Waals surface area contributed by atoms with E-state index >= 15 is 0 Å². The Kier molecular flexibility index (Phi) is 3.26. The smallest absolute Gasteiger partial charge is 0.0756 e. The van der Waals surface area contributed by atoms with Crippen molar-refractivity contribution in [1.82, 2.24) is 9.78 Å². The van der Waals surface area contributed by atoms with Crippen LogP contribution in [0.5, 0.6) is 0 Å². The third-order valence-corrected chi connectivity index (χ3v) is 3.16. The Morgan fingerprint density at radius 2 is 2.27 bits per heavy atom. The van der Waals surface area contributed by atoms with Gasteiger partial charge in [-0.25, -0.2) is 0 Å². The molecule has 0 radical (unpaired) electrons. The highest BCUT2D eigenvalue weighted by atomic mass is 16.5. The molecule has 2 heterocycles. The van der Waals surface area contributed by atoms with E-state index in [-0.39, 0.29) is 0 Å². The van der Waals surface area contributed by atoms with Gasteiger partial charge in [0.25, 0.3) is 0 Å². The van der Waals surface area contributed by atoms with Crippen molar-refractivity contribution in [2.24, 2.45) is 13.0 Å². The van der Waals surface area contributed by atoms with E-state index in [1.165, 1.54) is 18.5 Å². The number of ether oxygens (including phenoxy) is 1. The summed E-state index contributed by atoms with van der Waals surface area (Å²) in [6.45, 7) is 4.95. The van der Waals surface area contributed by atoms with E-state index in [0.29, 0.717) is 0 Å². The molecule has 4 heteroatoms. The van der Waals surface area contributed by atoms with E-state index in [9.17, 15) is 0 Å². The minimum Gasteiger partial charge on any atom is -0.382 e. The summed E-state index contributed by atoms with van der Waals surface area (Å²) in [5, 5.41) is 7.67. The predicted molar refractivity (Wildman–Crippen MR) is 60.0 cm³/mol. The number of rotatable bonds is 3. The first-order chi connectivity index (χ1) is 7.27. The van der Waals surface area contributed by atoms with Crippen LogP contribution in [0, 0.1) is 12.8 Å². The SMILES string of the molecule is Cc1c(NCC2CCOCC2)cnn1C. The van der Waals surface area contributed by atoms with Crippen molar-refractivity contribution in [2.75, 3.05) is 25.1 Å². The average molecular weight is 209 g/mol. The van der Waals surface area contributed by atoms with Crippen LogP contribution in [0.2, 0.25) is 0 Å². The second-order valence-electron chi connectivity index (χ2n) is 4.20. The van der Waals surface area contributed by atoms with Crippen molar-refractivity contribution in [2.45, 2.75) is 19.8 Å². The first-order valence-corrected chi connectivity index (χ1v) is 5.57. The molecule has 0 spiro atoms. The van der Waals surface area contributed by atoms with E-state index in [1.54, 1.807) is 0 Å². The van der Waals surface area contributed by atoms with Gasteiger partial charge >= 0.3 is 0 Å². The van der Waals surface area contributed by atoms with Crippen LogP contribution >= 0.6 is 0 Å². The summed E-state index contributed by atoms with van der Waals surface area (Å²) in [5.41, 5.74) is 2.35. The van der Waals surface area contributed by atoms with Gasteiger partial charge in [0, 0.05) is 26.8 Å². The molecule has 1 aromatic heterocycles. The summed E-state index contributed by atoms with van der Waals surface area (Å²) in [6, 6.07) is 0. The summed E-state index contributed by atoms with van der Waals surface area (Å²) >= 11 is 0. The van der Waals surface area contributed by atoms with Crippen LogP contribution in [0.25, 0.3) is 0 Å². The molecule has 0 atom stereocenters. The van der Waals surface area contributed by atoms with Crippen LogP contribution in [-0.4, -0.2) is 29.5 Å². The molecule has 0 aromatic carbocycles. The number of aryl methyl sites for hydroxylation is 1. The first kappa shape index (κ1) is 10.5. The van der Waals surface area contributed by atoms with Gasteiger partial charge in [-0.05, 0) is 25.7 Å². The van der Waals surface area contributed by atoms with E-state index in [4.69, 9.17) is 4.74 Å². The number of nitrogens with one attached hydrogen (secondary N) is 1. The van der Waals surface area contributed by atoms with Gasteiger partial charge in [-0.15, -0.1) is 0 Å². The van der Waals surface area contributed by atoms with Crippen LogP contribution in [0.15, 0.2) is 6.20 Å². The van der Waals surface area contributed by atoms with Crippen molar-refractivity contribution in [3.8, 4) is 0 Å². The molecule has 1 aliphatic rings. The number of nitrogens with zero attached hydrogens (tertiary/aromatic N) is 2.